The Balaban J connectivity index is 2.22. The fourth-order valence-electron chi connectivity index (χ4n) is 2.91. The first-order valence-corrected chi connectivity index (χ1v) is 8.12. The van der Waals surface area contributed by atoms with Gasteiger partial charge in [0.05, 0.1) is 12.1 Å². The number of aromatic nitrogens is 1. The van der Waals surface area contributed by atoms with Crippen LogP contribution in [0.4, 0.5) is 0 Å². The van der Waals surface area contributed by atoms with E-state index in [2.05, 4.69) is 18.1 Å². The number of rotatable bonds is 5. The van der Waals surface area contributed by atoms with E-state index in [1.54, 1.807) is 0 Å². The zero-order valence-electron chi connectivity index (χ0n) is 13.4. The van der Waals surface area contributed by atoms with Crippen LogP contribution in [0.15, 0.2) is 48.5 Å². The number of benzene rings is 2. The number of nitrogens with two attached hydrogens (primary N) is 2. The molecule has 1 heterocycles. The maximum Gasteiger partial charge on any atom is 0.266 e. The molecule has 6 nitrogen and oxygen atoms in total. The average Bonchev–Trinajstić information content (AvgIpc) is 2.93. The van der Waals surface area contributed by atoms with Crippen molar-refractivity contribution in [1.29, 1.82) is 0 Å². The Morgan fingerprint density at radius 2 is 1.76 bits per heavy atom. The molecule has 0 fully saturated rings. The van der Waals surface area contributed by atoms with Crippen molar-refractivity contribution in [1.82, 2.24) is 9.29 Å². The summed E-state index contributed by atoms with van der Waals surface area (Å²) in [5, 5.41) is 3.62. The van der Waals surface area contributed by atoms with E-state index >= 15 is 0 Å². The fraction of sp³-hybridized carbons (Fsp3) is 0.111. The summed E-state index contributed by atoms with van der Waals surface area (Å²) >= 11 is 4.44. The average molecular weight is 354 g/mol. The number of primary amides is 1. The summed E-state index contributed by atoms with van der Waals surface area (Å²) in [6.07, 6.45) is 0. The summed E-state index contributed by atoms with van der Waals surface area (Å²) in [5.74, 6) is -0.816. The number of fused-ring (bicyclic) bond motifs is 1. The summed E-state index contributed by atoms with van der Waals surface area (Å²) < 4.78 is 1.50. The molecule has 2 amide bonds. The zero-order valence-corrected chi connectivity index (χ0v) is 14.3. The molecule has 2 aromatic carbocycles. The lowest BCUT2D eigenvalue weighted by Gasteiger charge is -2.11. The molecule has 5 N–H and O–H groups in total. The van der Waals surface area contributed by atoms with Crippen LogP contribution in [0.1, 0.15) is 16.1 Å². The molecular weight excluding hydrogens is 336 g/mol. The van der Waals surface area contributed by atoms with Gasteiger partial charge in [-0.1, -0.05) is 55.3 Å². The quantitative estimate of drug-likeness (QED) is 0.524. The lowest BCUT2D eigenvalue weighted by molar-refractivity contribution is -0.119. The van der Waals surface area contributed by atoms with Crippen LogP contribution in [-0.2, 0) is 11.3 Å². The molecule has 0 radical (unpaired) electrons. The number of amides is 2. The van der Waals surface area contributed by atoms with E-state index < -0.39 is 5.91 Å². The van der Waals surface area contributed by atoms with Gasteiger partial charge in [0.2, 0.25) is 5.91 Å². The van der Waals surface area contributed by atoms with Crippen LogP contribution in [0.25, 0.3) is 22.0 Å². The first-order valence-electron chi connectivity index (χ1n) is 7.72. The van der Waals surface area contributed by atoms with Crippen molar-refractivity contribution in [3.05, 3.63) is 59.8 Å². The maximum atomic E-state index is 12.1. The van der Waals surface area contributed by atoms with Crippen LogP contribution in [0.2, 0.25) is 0 Å². The van der Waals surface area contributed by atoms with Gasteiger partial charge in [-0.25, -0.2) is 0 Å². The molecule has 3 aromatic rings. The third kappa shape index (κ3) is 3.11. The molecule has 0 saturated carbocycles. The van der Waals surface area contributed by atoms with E-state index in [9.17, 15) is 9.59 Å². The molecule has 0 aliphatic carbocycles. The van der Waals surface area contributed by atoms with Crippen molar-refractivity contribution in [3.63, 3.8) is 0 Å². The fourth-order valence-corrected chi connectivity index (χ4v) is 3.28. The number of thiol groups is 1. The third-order valence-corrected chi connectivity index (χ3v) is 4.45. The third-order valence-electron chi connectivity index (χ3n) is 4.03. The number of hydrogen-bond donors (Lipinski definition) is 4. The molecule has 0 aliphatic heterocycles. The number of para-hydroxylation sites is 1. The highest BCUT2D eigenvalue weighted by Crippen LogP contribution is 2.37. The van der Waals surface area contributed by atoms with Gasteiger partial charge in [0.15, 0.2) is 0 Å². The Morgan fingerprint density at radius 1 is 1.08 bits per heavy atom. The summed E-state index contributed by atoms with van der Waals surface area (Å²) in [6.45, 7) is 0.223. The Morgan fingerprint density at radius 3 is 2.48 bits per heavy atom. The van der Waals surface area contributed by atoms with E-state index in [4.69, 9.17) is 11.5 Å². The van der Waals surface area contributed by atoms with Crippen LogP contribution in [0.3, 0.4) is 0 Å². The Labute approximate surface area is 150 Å². The SMILES string of the molecule is NCC(=O)NCc1ccccc1-c1c(C(N)=O)n(S)c2ccccc12. The molecule has 0 atom stereocenters. The maximum absolute atomic E-state index is 12.1. The van der Waals surface area contributed by atoms with Crippen LogP contribution in [-0.4, -0.2) is 22.3 Å². The number of carbonyl (C=O) groups excluding carboxylic acids is 2. The summed E-state index contributed by atoms with van der Waals surface area (Å²) in [4.78, 5) is 23.6. The predicted molar refractivity (Wildman–Crippen MR) is 101 cm³/mol. The van der Waals surface area contributed by atoms with Crippen molar-refractivity contribution in [2.24, 2.45) is 11.5 Å². The largest absolute Gasteiger partial charge is 0.364 e. The molecule has 1 aromatic heterocycles. The molecule has 7 heteroatoms. The van der Waals surface area contributed by atoms with Gasteiger partial charge < -0.3 is 16.8 Å². The standard InChI is InChI=1S/C18H18N4O2S/c19-9-15(23)21-10-11-5-1-2-6-12(11)16-13-7-3-4-8-14(13)22(25)17(16)18(20)24/h1-8,25H,9-10,19H2,(H2,20,24)(H,21,23). The van der Waals surface area contributed by atoms with Gasteiger partial charge in [0.1, 0.15) is 5.69 Å². The summed E-state index contributed by atoms with van der Waals surface area (Å²) in [7, 11) is 0. The van der Waals surface area contributed by atoms with Crippen molar-refractivity contribution in [3.8, 4) is 11.1 Å². The first kappa shape index (κ1) is 17.1. The smallest absolute Gasteiger partial charge is 0.266 e. The van der Waals surface area contributed by atoms with Crippen LogP contribution in [0, 0.1) is 0 Å². The monoisotopic (exact) mass is 354 g/mol. The topological polar surface area (TPSA) is 103 Å². The Hall–Kier alpha value is -2.77. The van der Waals surface area contributed by atoms with Crippen molar-refractivity contribution >= 4 is 35.5 Å². The second-order valence-electron chi connectivity index (χ2n) is 5.55. The van der Waals surface area contributed by atoms with E-state index in [0.717, 1.165) is 22.0 Å². The molecule has 0 saturated heterocycles. The minimum Gasteiger partial charge on any atom is -0.364 e. The first-order chi connectivity index (χ1) is 12.0. The molecule has 0 spiro atoms. The lowest BCUT2D eigenvalue weighted by Crippen LogP contribution is -2.29. The molecular formula is C18H18N4O2S. The van der Waals surface area contributed by atoms with Crippen molar-refractivity contribution in [2.45, 2.75) is 6.54 Å². The molecule has 3 rings (SSSR count). The number of carbonyl (C=O) groups is 2. The van der Waals surface area contributed by atoms with Gasteiger partial charge in [0.25, 0.3) is 5.91 Å². The van der Waals surface area contributed by atoms with Gasteiger partial charge in [-0.3, -0.25) is 13.6 Å². The zero-order chi connectivity index (χ0) is 18.0. The van der Waals surface area contributed by atoms with E-state index in [-0.39, 0.29) is 12.5 Å². The lowest BCUT2D eigenvalue weighted by atomic mass is 9.96. The number of hydrogen-bond acceptors (Lipinski definition) is 4. The highest BCUT2D eigenvalue weighted by molar-refractivity contribution is 7.78. The van der Waals surface area contributed by atoms with Crippen LogP contribution < -0.4 is 16.8 Å². The van der Waals surface area contributed by atoms with Crippen molar-refractivity contribution < 1.29 is 9.59 Å². The highest BCUT2D eigenvalue weighted by atomic mass is 32.1. The van der Waals surface area contributed by atoms with E-state index in [0.29, 0.717) is 17.8 Å². The van der Waals surface area contributed by atoms with Gasteiger partial charge in [-0.2, -0.15) is 0 Å². The minimum absolute atomic E-state index is 0.0787. The van der Waals surface area contributed by atoms with Crippen LogP contribution >= 0.6 is 12.8 Å². The minimum atomic E-state index is -0.568. The van der Waals surface area contributed by atoms with Gasteiger partial charge in [-0.05, 0) is 17.2 Å². The van der Waals surface area contributed by atoms with Gasteiger partial charge in [0, 0.05) is 17.5 Å². The predicted octanol–water partition coefficient (Wildman–Crippen LogP) is 1.67. The van der Waals surface area contributed by atoms with E-state index in [1.807, 2.05) is 48.5 Å². The molecule has 0 unspecified atom stereocenters. The summed E-state index contributed by atoms with van der Waals surface area (Å²) in [6, 6.07) is 15.1. The second kappa shape index (κ2) is 7.00. The second-order valence-corrected chi connectivity index (χ2v) is 5.95. The van der Waals surface area contributed by atoms with Gasteiger partial charge in [-0.15, -0.1) is 0 Å². The Kier molecular flexibility index (Phi) is 4.78. The number of nitrogens with one attached hydrogen (secondary N) is 1. The molecule has 0 aliphatic rings. The number of nitrogens with zero attached hydrogens (tertiary/aromatic N) is 1. The van der Waals surface area contributed by atoms with Crippen molar-refractivity contribution in [2.75, 3.05) is 6.54 Å². The van der Waals surface area contributed by atoms with E-state index in [1.165, 1.54) is 3.97 Å². The molecule has 0 bridgehead atoms. The molecule has 25 heavy (non-hydrogen) atoms. The van der Waals surface area contributed by atoms with Gasteiger partial charge >= 0.3 is 0 Å². The molecule has 128 valence electrons. The highest BCUT2D eigenvalue weighted by Gasteiger charge is 2.22. The summed E-state index contributed by atoms with van der Waals surface area (Å²) in [5.41, 5.74) is 14.4. The normalized spacial score (nSPS) is 10.8. The Bertz CT molecular complexity index is 965. The van der Waals surface area contributed by atoms with Crippen LogP contribution in [0.5, 0.6) is 0 Å².